The third-order valence-corrected chi connectivity index (χ3v) is 5.60. The number of benzene rings is 1. The molecular weight excluding hydrogens is 326 g/mol. The van der Waals surface area contributed by atoms with Crippen LogP contribution in [0.5, 0.6) is 0 Å². The van der Waals surface area contributed by atoms with Gasteiger partial charge in [0.25, 0.3) is 0 Å². The Balaban J connectivity index is 1.48. The van der Waals surface area contributed by atoms with Gasteiger partial charge in [-0.3, -0.25) is 4.79 Å². The van der Waals surface area contributed by atoms with Gasteiger partial charge in [0.05, 0.1) is 5.41 Å². The van der Waals surface area contributed by atoms with Crippen LogP contribution in [0.2, 0.25) is 0 Å². The highest BCUT2D eigenvalue weighted by atomic mass is 16.5. The molecule has 0 unspecified atom stereocenters. The molecule has 2 saturated heterocycles. The van der Waals surface area contributed by atoms with Crippen LogP contribution in [0.15, 0.2) is 54.7 Å². The SMILES string of the molecule is O=C(N[C@H]1CCN(c2ccccn2)C1)C1(c2ccccc2)CCOCC1. The lowest BCUT2D eigenvalue weighted by molar-refractivity contribution is -0.131. The van der Waals surface area contributed by atoms with Crippen molar-refractivity contribution >= 4 is 11.7 Å². The molecule has 2 fully saturated rings. The Morgan fingerprint density at radius 3 is 2.62 bits per heavy atom. The summed E-state index contributed by atoms with van der Waals surface area (Å²) >= 11 is 0. The molecule has 0 saturated carbocycles. The molecule has 136 valence electrons. The van der Waals surface area contributed by atoms with E-state index in [0.29, 0.717) is 13.2 Å². The van der Waals surface area contributed by atoms with Crippen molar-refractivity contribution in [3.8, 4) is 0 Å². The molecule has 1 amide bonds. The molecular formula is C21H25N3O2. The summed E-state index contributed by atoms with van der Waals surface area (Å²) in [5, 5.41) is 3.32. The summed E-state index contributed by atoms with van der Waals surface area (Å²) < 4.78 is 5.54. The van der Waals surface area contributed by atoms with Gasteiger partial charge in [-0.1, -0.05) is 36.4 Å². The van der Waals surface area contributed by atoms with E-state index in [0.717, 1.165) is 43.7 Å². The number of nitrogens with zero attached hydrogens (tertiary/aromatic N) is 2. The summed E-state index contributed by atoms with van der Waals surface area (Å²) in [4.78, 5) is 20.0. The zero-order valence-corrected chi connectivity index (χ0v) is 14.9. The van der Waals surface area contributed by atoms with E-state index in [1.807, 2.05) is 42.6 Å². The maximum atomic E-state index is 13.3. The molecule has 1 aromatic carbocycles. The third-order valence-electron chi connectivity index (χ3n) is 5.60. The number of nitrogens with one attached hydrogen (secondary N) is 1. The number of rotatable bonds is 4. The van der Waals surface area contributed by atoms with Gasteiger partial charge < -0.3 is 15.0 Å². The van der Waals surface area contributed by atoms with Gasteiger partial charge in [0, 0.05) is 38.5 Å². The minimum Gasteiger partial charge on any atom is -0.381 e. The Bertz CT molecular complexity index is 729. The first-order valence-corrected chi connectivity index (χ1v) is 9.38. The van der Waals surface area contributed by atoms with Crippen LogP contribution >= 0.6 is 0 Å². The van der Waals surface area contributed by atoms with Crippen LogP contribution in [0.1, 0.15) is 24.8 Å². The van der Waals surface area contributed by atoms with Crippen molar-refractivity contribution in [3.05, 3.63) is 60.3 Å². The number of pyridine rings is 1. The lowest BCUT2D eigenvalue weighted by Crippen LogP contribution is -2.51. The Kier molecular flexibility index (Phi) is 4.89. The maximum absolute atomic E-state index is 13.3. The maximum Gasteiger partial charge on any atom is 0.231 e. The quantitative estimate of drug-likeness (QED) is 0.920. The van der Waals surface area contributed by atoms with Crippen molar-refractivity contribution in [2.24, 2.45) is 0 Å². The molecule has 1 atom stereocenters. The Morgan fingerprint density at radius 1 is 1.12 bits per heavy atom. The van der Waals surface area contributed by atoms with Gasteiger partial charge >= 0.3 is 0 Å². The van der Waals surface area contributed by atoms with Crippen molar-refractivity contribution in [1.82, 2.24) is 10.3 Å². The summed E-state index contributed by atoms with van der Waals surface area (Å²) in [6.07, 6.45) is 4.23. The average Bonchev–Trinajstić information content (AvgIpc) is 3.18. The summed E-state index contributed by atoms with van der Waals surface area (Å²) in [6.45, 7) is 2.99. The normalized spacial score (nSPS) is 22.2. The topological polar surface area (TPSA) is 54.5 Å². The molecule has 0 bridgehead atoms. The van der Waals surface area contributed by atoms with Crippen LogP contribution in [0.25, 0.3) is 0 Å². The zero-order valence-electron chi connectivity index (χ0n) is 14.9. The predicted molar refractivity (Wildman–Crippen MR) is 101 cm³/mol. The Hall–Kier alpha value is -2.40. The van der Waals surface area contributed by atoms with Crippen LogP contribution in [-0.4, -0.2) is 43.2 Å². The number of aromatic nitrogens is 1. The summed E-state index contributed by atoms with van der Waals surface area (Å²) in [6, 6.07) is 16.3. The molecule has 0 radical (unpaired) electrons. The van der Waals surface area contributed by atoms with E-state index in [9.17, 15) is 4.79 Å². The number of carbonyl (C=O) groups excluding carboxylic acids is 1. The average molecular weight is 351 g/mol. The monoisotopic (exact) mass is 351 g/mol. The Morgan fingerprint density at radius 2 is 1.88 bits per heavy atom. The molecule has 2 aromatic rings. The fraction of sp³-hybridized carbons (Fsp3) is 0.429. The molecule has 2 aliphatic rings. The zero-order chi connectivity index (χ0) is 17.8. The van der Waals surface area contributed by atoms with Crippen molar-refractivity contribution < 1.29 is 9.53 Å². The van der Waals surface area contributed by atoms with Gasteiger partial charge in [-0.2, -0.15) is 0 Å². The summed E-state index contributed by atoms with van der Waals surface area (Å²) in [5.74, 6) is 1.12. The van der Waals surface area contributed by atoms with Crippen molar-refractivity contribution in [1.29, 1.82) is 0 Å². The molecule has 5 heteroatoms. The number of ether oxygens (including phenoxy) is 1. The highest BCUT2D eigenvalue weighted by Gasteiger charge is 2.42. The molecule has 1 aromatic heterocycles. The molecule has 4 rings (SSSR count). The molecule has 1 N–H and O–H groups in total. The highest BCUT2D eigenvalue weighted by Crippen LogP contribution is 2.35. The molecule has 0 spiro atoms. The van der Waals surface area contributed by atoms with E-state index >= 15 is 0 Å². The first-order chi connectivity index (χ1) is 12.8. The fourth-order valence-corrected chi connectivity index (χ4v) is 4.07. The molecule has 0 aliphatic carbocycles. The van der Waals surface area contributed by atoms with Gasteiger partial charge in [0.2, 0.25) is 5.91 Å². The van der Waals surface area contributed by atoms with Crippen LogP contribution in [0.4, 0.5) is 5.82 Å². The minimum atomic E-state index is -0.474. The van der Waals surface area contributed by atoms with Gasteiger partial charge in [-0.05, 0) is 37.0 Å². The predicted octanol–water partition coefficient (Wildman–Crippen LogP) is 2.52. The summed E-state index contributed by atoms with van der Waals surface area (Å²) in [7, 11) is 0. The van der Waals surface area contributed by atoms with Crippen LogP contribution in [0.3, 0.4) is 0 Å². The van der Waals surface area contributed by atoms with Crippen molar-refractivity contribution in [2.45, 2.75) is 30.7 Å². The van der Waals surface area contributed by atoms with E-state index in [-0.39, 0.29) is 11.9 Å². The second-order valence-corrected chi connectivity index (χ2v) is 7.15. The minimum absolute atomic E-state index is 0.139. The second-order valence-electron chi connectivity index (χ2n) is 7.15. The standard InChI is InChI=1S/C21H25N3O2/c25-20(21(10-14-26-15-11-21)17-6-2-1-3-7-17)23-18-9-13-24(16-18)19-8-4-5-12-22-19/h1-8,12,18H,9-11,13-16H2,(H,23,25)/t18-/m0/s1. The number of carbonyl (C=O) groups is 1. The summed E-state index contributed by atoms with van der Waals surface area (Å²) in [5.41, 5.74) is 0.623. The molecule has 26 heavy (non-hydrogen) atoms. The van der Waals surface area contributed by atoms with Crippen LogP contribution in [-0.2, 0) is 14.9 Å². The number of hydrogen-bond donors (Lipinski definition) is 1. The van der Waals surface area contributed by atoms with E-state index < -0.39 is 5.41 Å². The molecule has 2 aliphatic heterocycles. The van der Waals surface area contributed by atoms with Gasteiger partial charge in [-0.25, -0.2) is 4.98 Å². The fourth-order valence-electron chi connectivity index (χ4n) is 4.07. The van der Waals surface area contributed by atoms with Crippen molar-refractivity contribution in [2.75, 3.05) is 31.2 Å². The van der Waals surface area contributed by atoms with E-state index in [1.165, 1.54) is 0 Å². The first kappa shape index (κ1) is 17.0. The third kappa shape index (κ3) is 3.31. The Labute approximate surface area is 154 Å². The number of hydrogen-bond acceptors (Lipinski definition) is 4. The van der Waals surface area contributed by atoms with Gasteiger partial charge in [-0.15, -0.1) is 0 Å². The highest BCUT2D eigenvalue weighted by molar-refractivity contribution is 5.88. The number of amides is 1. The molecule has 5 nitrogen and oxygen atoms in total. The van der Waals surface area contributed by atoms with E-state index in [2.05, 4.69) is 27.3 Å². The smallest absolute Gasteiger partial charge is 0.231 e. The second kappa shape index (κ2) is 7.46. The van der Waals surface area contributed by atoms with Gasteiger partial charge in [0.15, 0.2) is 0 Å². The van der Waals surface area contributed by atoms with E-state index in [4.69, 9.17) is 4.74 Å². The van der Waals surface area contributed by atoms with E-state index in [1.54, 1.807) is 0 Å². The number of anilines is 1. The largest absolute Gasteiger partial charge is 0.381 e. The lowest BCUT2D eigenvalue weighted by Gasteiger charge is -2.37. The van der Waals surface area contributed by atoms with Crippen LogP contribution in [0, 0.1) is 0 Å². The van der Waals surface area contributed by atoms with Crippen molar-refractivity contribution in [3.63, 3.8) is 0 Å². The molecule has 3 heterocycles. The lowest BCUT2D eigenvalue weighted by atomic mass is 9.73. The van der Waals surface area contributed by atoms with Gasteiger partial charge in [0.1, 0.15) is 5.82 Å². The van der Waals surface area contributed by atoms with Crippen LogP contribution < -0.4 is 10.2 Å². The first-order valence-electron chi connectivity index (χ1n) is 9.38.